The van der Waals surface area contributed by atoms with Crippen molar-refractivity contribution in [3.63, 3.8) is 0 Å². The van der Waals surface area contributed by atoms with Crippen molar-refractivity contribution in [3.05, 3.63) is 114 Å². The number of hydrogen-bond donors (Lipinski definition) is 1. The summed E-state index contributed by atoms with van der Waals surface area (Å²) in [4.78, 5) is 12.2. The molecule has 0 aliphatic rings. The van der Waals surface area contributed by atoms with Gasteiger partial charge in [-0.25, -0.2) is 4.68 Å². The molecule has 0 aliphatic heterocycles. The van der Waals surface area contributed by atoms with Gasteiger partial charge >= 0.3 is 0 Å². The zero-order chi connectivity index (χ0) is 21.3. The van der Waals surface area contributed by atoms with Crippen molar-refractivity contribution in [2.24, 2.45) is 0 Å². The highest BCUT2D eigenvalue weighted by Gasteiger charge is 2.02. The zero-order valence-electron chi connectivity index (χ0n) is 16.9. The summed E-state index contributed by atoms with van der Waals surface area (Å²) in [5, 5.41) is 11.0. The lowest BCUT2D eigenvalue weighted by Gasteiger charge is -2.07. The fraction of sp³-hybridized carbons (Fsp3) is 0.0800. The molecule has 1 heterocycles. The van der Waals surface area contributed by atoms with E-state index in [0.29, 0.717) is 24.5 Å². The minimum Gasteiger partial charge on any atom is -0.489 e. The second-order valence-corrected chi connectivity index (χ2v) is 6.95. The molecule has 6 heteroatoms. The second-order valence-electron chi connectivity index (χ2n) is 6.95. The van der Waals surface area contributed by atoms with Crippen LogP contribution in [0.15, 0.2) is 97.2 Å². The Morgan fingerprint density at radius 3 is 2.29 bits per heavy atom. The second kappa shape index (κ2) is 10.0. The number of carbonyl (C=O) groups is 1. The number of benzene rings is 3. The summed E-state index contributed by atoms with van der Waals surface area (Å²) in [7, 11) is 0. The fourth-order valence-electron chi connectivity index (χ4n) is 2.96. The van der Waals surface area contributed by atoms with E-state index in [1.807, 2.05) is 84.9 Å². The summed E-state index contributed by atoms with van der Waals surface area (Å²) in [6.45, 7) is 1.13. The monoisotopic (exact) mass is 410 g/mol. The third-order valence-electron chi connectivity index (χ3n) is 4.52. The first-order valence-corrected chi connectivity index (χ1v) is 9.94. The Hall–Kier alpha value is -4.19. The average molecular weight is 410 g/mol. The molecule has 0 saturated carbocycles. The zero-order valence-corrected chi connectivity index (χ0v) is 16.9. The number of nitrogens with zero attached hydrogens (tertiary/aromatic N) is 3. The topological polar surface area (TPSA) is 69.0 Å². The molecule has 1 amide bonds. The van der Waals surface area contributed by atoms with Crippen LogP contribution in [0, 0.1) is 0 Å². The summed E-state index contributed by atoms with van der Waals surface area (Å²) in [6.07, 6.45) is 4.88. The summed E-state index contributed by atoms with van der Waals surface area (Å²) >= 11 is 0. The van der Waals surface area contributed by atoms with E-state index >= 15 is 0 Å². The van der Waals surface area contributed by atoms with Crippen molar-refractivity contribution in [1.29, 1.82) is 0 Å². The van der Waals surface area contributed by atoms with E-state index in [4.69, 9.17) is 4.74 Å². The summed E-state index contributed by atoms with van der Waals surface area (Å²) in [5.74, 6) is 0.503. The number of anilines is 1. The van der Waals surface area contributed by atoms with E-state index in [9.17, 15) is 4.79 Å². The van der Waals surface area contributed by atoms with Crippen molar-refractivity contribution in [2.75, 3.05) is 5.32 Å². The lowest BCUT2D eigenvalue weighted by Crippen LogP contribution is -2.07. The Bertz CT molecular complexity index is 1140. The van der Waals surface area contributed by atoms with Crippen LogP contribution in [0.3, 0.4) is 0 Å². The number of rotatable bonds is 8. The molecule has 3 aromatic carbocycles. The Balaban J connectivity index is 1.27. The molecule has 1 N–H and O–H groups in total. The van der Waals surface area contributed by atoms with Crippen LogP contribution >= 0.6 is 0 Å². The molecule has 0 saturated heterocycles. The summed E-state index contributed by atoms with van der Waals surface area (Å²) in [6, 6.07) is 27.3. The van der Waals surface area contributed by atoms with Crippen molar-refractivity contribution >= 4 is 17.7 Å². The molecule has 0 bridgehead atoms. The normalized spacial score (nSPS) is 10.8. The van der Waals surface area contributed by atoms with E-state index in [2.05, 4.69) is 15.6 Å². The van der Waals surface area contributed by atoms with Crippen LogP contribution in [0.25, 0.3) is 6.08 Å². The molecule has 31 heavy (non-hydrogen) atoms. The van der Waals surface area contributed by atoms with E-state index in [1.54, 1.807) is 17.0 Å². The van der Waals surface area contributed by atoms with Gasteiger partial charge in [0, 0.05) is 11.8 Å². The van der Waals surface area contributed by atoms with Gasteiger partial charge in [0.05, 0.1) is 12.7 Å². The highest BCUT2D eigenvalue weighted by molar-refractivity contribution is 6.01. The van der Waals surface area contributed by atoms with Crippen molar-refractivity contribution < 1.29 is 9.53 Å². The van der Waals surface area contributed by atoms with Gasteiger partial charge in [0.2, 0.25) is 5.91 Å². The Labute approximate surface area is 180 Å². The highest BCUT2D eigenvalue weighted by atomic mass is 16.5. The van der Waals surface area contributed by atoms with Crippen LogP contribution in [0.2, 0.25) is 0 Å². The third kappa shape index (κ3) is 6.14. The van der Waals surface area contributed by atoms with Gasteiger partial charge in [-0.05, 0) is 41.5 Å². The minimum atomic E-state index is -0.240. The van der Waals surface area contributed by atoms with Gasteiger partial charge in [0.1, 0.15) is 18.1 Å². The average Bonchev–Trinajstić information content (AvgIpc) is 3.26. The predicted molar refractivity (Wildman–Crippen MR) is 120 cm³/mol. The van der Waals surface area contributed by atoms with E-state index < -0.39 is 0 Å². The Morgan fingerprint density at radius 2 is 1.58 bits per heavy atom. The van der Waals surface area contributed by atoms with Crippen LogP contribution < -0.4 is 10.1 Å². The quantitative estimate of drug-likeness (QED) is 0.433. The van der Waals surface area contributed by atoms with Crippen molar-refractivity contribution in [2.45, 2.75) is 13.2 Å². The predicted octanol–water partition coefficient (Wildman–Crippen LogP) is 4.56. The maximum atomic E-state index is 12.2. The summed E-state index contributed by atoms with van der Waals surface area (Å²) < 4.78 is 7.50. The third-order valence-corrected chi connectivity index (χ3v) is 4.52. The number of hydrogen-bond acceptors (Lipinski definition) is 4. The molecule has 4 aromatic rings. The van der Waals surface area contributed by atoms with E-state index in [0.717, 1.165) is 16.9 Å². The molecule has 0 spiro atoms. The Kier molecular flexibility index (Phi) is 6.50. The first-order chi connectivity index (χ1) is 15.2. The molecule has 0 fully saturated rings. The smallest absolute Gasteiger partial charge is 0.248 e. The molecule has 1 aromatic heterocycles. The molecular weight excluding hydrogens is 388 g/mol. The SMILES string of the molecule is O=C(/C=C/c1cn(Cc2ccccc2)nn1)Nc1ccc(OCc2ccccc2)cc1. The first-order valence-electron chi connectivity index (χ1n) is 9.94. The molecule has 154 valence electrons. The van der Waals surface area contributed by atoms with Gasteiger partial charge in [-0.1, -0.05) is 65.9 Å². The van der Waals surface area contributed by atoms with Crippen LogP contribution in [0.1, 0.15) is 16.8 Å². The Morgan fingerprint density at radius 1 is 0.903 bits per heavy atom. The number of carbonyl (C=O) groups excluding carboxylic acids is 1. The molecule has 4 rings (SSSR count). The molecule has 0 atom stereocenters. The molecule has 0 aliphatic carbocycles. The van der Waals surface area contributed by atoms with Gasteiger partial charge in [0.15, 0.2) is 0 Å². The van der Waals surface area contributed by atoms with Gasteiger partial charge in [-0.2, -0.15) is 0 Å². The first kappa shape index (κ1) is 20.1. The number of amides is 1. The minimum absolute atomic E-state index is 0.240. The van der Waals surface area contributed by atoms with Crippen LogP contribution in [0.4, 0.5) is 5.69 Å². The van der Waals surface area contributed by atoms with E-state index in [-0.39, 0.29) is 5.91 Å². The van der Waals surface area contributed by atoms with Crippen LogP contribution in [-0.2, 0) is 17.9 Å². The lowest BCUT2D eigenvalue weighted by molar-refractivity contribution is -0.111. The maximum absolute atomic E-state index is 12.2. The van der Waals surface area contributed by atoms with Gasteiger partial charge in [-0.15, -0.1) is 5.10 Å². The number of ether oxygens (including phenoxy) is 1. The number of aromatic nitrogens is 3. The van der Waals surface area contributed by atoms with Crippen molar-refractivity contribution in [3.8, 4) is 5.75 Å². The van der Waals surface area contributed by atoms with Crippen LogP contribution in [-0.4, -0.2) is 20.9 Å². The van der Waals surface area contributed by atoms with Gasteiger partial charge in [0.25, 0.3) is 0 Å². The lowest BCUT2D eigenvalue weighted by atomic mass is 10.2. The van der Waals surface area contributed by atoms with Gasteiger partial charge < -0.3 is 10.1 Å². The molecule has 6 nitrogen and oxygen atoms in total. The maximum Gasteiger partial charge on any atom is 0.248 e. The summed E-state index contributed by atoms with van der Waals surface area (Å²) in [5.41, 5.74) is 3.55. The standard InChI is InChI=1S/C25H22N4O2/c30-25(16-13-23-18-29(28-27-23)17-20-7-3-1-4-8-20)26-22-11-14-24(15-12-22)31-19-21-9-5-2-6-10-21/h1-16,18H,17,19H2,(H,26,30)/b16-13+. The van der Waals surface area contributed by atoms with E-state index in [1.165, 1.54) is 6.08 Å². The highest BCUT2D eigenvalue weighted by Crippen LogP contribution is 2.17. The largest absolute Gasteiger partial charge is 0.489 e. The number of nitrogens with one attached hydrogen (secondary N) is 1. The van der Waals surface area contributed by atoms with Gasteiger partial charge in [-0.3, -0.25) is 4.79 Å². The molecular formula is C25H22N4O2. The molecule has 0 unspecified atom stereocenters. The van der Waals surface area contributed by atoms with Crippen molar-refractivity contribution in [1.82, 2.24) is 15.0 Å². The fourth-order valence-corrected chi connectivity index (χ4v) is 2.96. The molecule has 0 radical (unpaired) electrons. The van der Waals surface area contributed by atoms with Crippen LogP contribution in [0.5, 0.6) is 5.75 Å².